The molecule has 5 heteroatoms. The summed E-state index contributed by atoms with van der Waals surface area (Å²) in [6.45, 7) is 1.76. The number of rotatable bonds is 2. The molecular formula is C9H15NO4. The van der Waals surface area contributed by atoms with Crippen LogP contribution in [0.5, 0.6) is 0 Å². The SMILES string of the molecule is CC12CCCC(C[N+](=O)[O-])(C1)OC2O. The van der Waals surface area contributed by atoms with Gasteiger partial charge in [0, 0.05) is 10.3 Å². The molecule has 2 aliphatic rings. The largest absolute Gasteiger partial charge is 0.367 e. The molecule has 0 spiro atoms. The number of nitro groups is 1. The van der Waals surface area contributed by atoms with E-state index in [-0.39, 0.29) is 16.9 Å². The van der Waals surface area contributed by atoms with Crippen molar-refractivity contribution in [3.8, 4) is 0 Å². The predicted molar refractivity (Wildman–Crippen MR) is 48.3 cm³/mol. The van der Waals surface area contributed by atoms with Crippen LogP contribution in [0.15, 0.2) is 0 Å². The Morgan fingerprint density at radius 1 is 1.64 bits per heavy atom. The van der Waals surface area contributed by atoms with Crippen molar-refractivity contribution in [3.05, 3.63) is 10.1 Å². The lowest BCUT2D eigenvalue weighted by Crippen LogP contribution is -2.39. The predicted octanol–water partition coefficient (Wildman–Crippen LogP) is 0.931. The monoisotopic (exact) mass is 201 g/mol. The van der Waals surface area contributed by atoms with Gasteiger partial charge in [-0.05, 0) is 25.7 Å². The van der Waals surface area contributed by atoms with Crippen molar-refractivity contribution in [2.75, 3.05) is 6.54 Å². The van der Waals surface area contributed by atoms with E-state index in [0.29, 0.717) is 12.8 Å². The molecule has 0 amide bonds. The van der Waals surface area contributed by atoms with E-state index in [1.165, 1.54) is 0 Å². The summed E-state index contributed by atoms with van der Waals surface area (Å²) < 4.78 is 5.40. The van der Waals surface area contributed by atoms with Gasteiger partial charge in [0.15, 0.2) is 6.29 Å². The maximum atomic E-state index is 10.5. The smallest absolute Gasteiger partial charge is 0.232 e. The van der Waals surface area contributed by atoms with Crippen LogP contribution in [0.4, 0.5) is 0 Å². The zero-order chi connectivity index (χ0) is 10.4. The molecule has 2 rings (SSSR count). The Hall–Kier alpha value is -0.680. The van der Waals surface area contributed by atoms with Gasteiger partial charge >= 0.3 is 0 Å². The average Bonchev–Trinajstić information content (AvgIpc) is 2.16. The van der Waals surface area contributed by atoms with E-state index in [0.717, 1.165) is 12.8 Å². The minimum absolute atomic E-state index is 0.181. The number of hydrogen-bond acceptors (Lipinski definition) is 4. The van der Waals surface area contributed by atoms with Gasteiger partial charge in [-0.2, -0.15) is 0 Å². The second kappa shape index (κ2) is 2.90. The summed E-state index contributed by atoms with van der Waals surface area (Å²) in [5, 5.41) is 20.2. The van der Waals surface area contributed by atoms with Crippen LogP contribution >= 0.6 is 0 Å². The topological polar surface area (TPSA) is 72.6 Å². The quantitative estimate of drug-likeness (QED) is 0.533. The third kappa shape index (κ3) is 1.40. The fraction of sp³-hybridized carbons (Fsp3) is 1.00. The second-order valence-electron chi connectivity index (χ2n) is 4.83. The van der Waals surface area contributed by atoms with E-state index in [1.807, 2.05) is 6.92 Å². The number of hydrogen-bond donors (Lipinski definition) is 1. The third-order valence-electron chi connectivity index (χ3n) is 3.48. The normalized spacial score (nSPS) is 46.6. The summed E-state index contributed by atoms with van der Waals surface area (Å²) in [5.41, 5.74) is -0.968. The molecule has 2 fully saturated rings. The Balaban J connectivity index is 2.19. The molecule has 1 saturated heterocycles. The molecule has 80 valence electrons. The van der Waals surface area contributed by atoms with Crippen molar-refractivity contribution in [3.63, 3.8) is 0 Å². The van der Waals surface area contributed by atoms with E-state index in [1.54, 1.807) is 0 Å². The van der Waals surface area contributed by atoms with Crippen LogP contribution in [-0.4, -0.2) is 28.5 Å². The van der Waals surface area contributed by atoms with Crippen molar-refractivity contribution in [2.24, 2.45) is 5.41 Å². The number of fused-ring (bicyclic) bond motifs is 2. The summed E-state index contributed by atoms with van der Waals surface area (Å²) in [4.78, 5) is 10.2. The molecule has 14 heavy (non-hydrogen) atoms. The van der Waals surface area contributed by atoms with E-state index in [2.05, 4.69) is 0 Å². The van der Waals surface area contributed by atoms with Crippen LogP contribution < -0.4 is 0 Å². The van der Waals surface area contributed by atoms with Gasteiger partial charge in [-0.25, -0.2) is 0 Å². The van der Waals surface area contributed by atoms with Gasteiger partial charge in [-0.3, -0.25) is 10.1 Å². The Bertz CT molecular complexity index is 270. The molecular weight excluding hydrogens is 186 g/mol. The number of nitrogens with zero attached hydrogens (tertiary/aromatic N) is 1. The molecule has 1 saturated carbocycles. The number of aliphatic hydroxyl groups excluding tert-OH is 1. The van der Waals surface area contributed by atoms with Gasteiger partial charge in [0.1, 0.15) is 5.60 Å². The lowest BCUT2D eigenvalue weighted by Gasteiger charge is -2.32. The van der Waals surface area contributed by atoms with Crippen LogP contribution in [0.2, 0.25) is 0 Å². The first kappa shape index (κ1) is 9.86. The van der Waals surface area contributed by atoms with E-state index >= 15 is 0 Å². The lowest BCUT2D eigenvalue weighted by molar-refractivity contribution is -0.503. The molecule has 1 aliphatic heterocycles. The molecule has 2 bridgehead atoms. The molecule has 0 aromatic heterocycles. The minimum atomic E-state index is -0.829. The molecule has 0 aromatic rings. The van der Waals surface area contributed by atoms with E-state index in [4.69, 9.17) is 4.74 Å². The highest BCUT2D eigenvalue weighted by Gasteiger charge is 2.57. The molecule has 1 heterocycles. The van der Waals surface area contributed by atoms with Crippen LogP contribution in [0, 0.1) is 15.5 Å². The highest BCUT2D eigenvalue weighted by molar-refractivity contribution is 5.01. The van der Waals surface area contributed by atoms with Crippen LogP contribution in [0.1, 0.15) is 32.6 Å². The molecule has 1 N–H and O–H groups in total. The Kier molecular flexibility index (Phi) is 2.04. The van der Waals surface area contributed by atoms with Crippen LogP contribution in [0.3, 0.4) is 0 Å². The fourth-order valence-electron chi connectivity index (χ4n) is 2.83. The summed E-state index contributed by atoms with van der Waals surface area (Å²) in [6.07, 6.45) is 2.28. The standard InChI is InChI=1S/C9H15NO4/c1-8-3-2-4-9(5-8,6-10(12)13)14-7(8)11/h7,11H,2-6H2,1H3. The molecule has 3 atom stereocenters. The maximum Gasteiger partial charge on any atom is 0.232 e. The highest BCUT2D eigenvalue weighted by Crippen LogP contribution is 2.52. The molecule has 0 aromatic carbocycles. The lowest BCUT2D eigenvalue weighted by atomic mass is 9.71. The van der Waals surface area contributed by atoms with Crippen molar-refractivity contribution >= 4 is 0 Å². The van der Waals surface area contributed by atoms with E-state index in [9.17, 15) is 15.2 Å². The Labute approximate surface area is 82.2 Å². The zero-order valence-electron chi connectivity index (χ0n) is 8.23. The minimum Gasteiger partial charge on any atom is -0.367 e. The molecule has 3 unspecified atom stereocenters. The molecule has 0 radical (unpaired) electrons. The van der Waals surface area contributed by atoms with Gasteiger partial charge < -0.3 is 9.84 Å². The van der Waals surface area contributed by atoms with Gasteiger partial charge in [-0.1, -0.05) is 6.92 Å². The Morgan fingerprint density at radius 3 is 3.00 bits per heavy atom. The third-order valence-corrected chi connectivity index (χ3v) is 3.48. The first-order valence-electron chi connectivity index (χ1n) is 4.94. The van der Waals surface area contributed by atoms with Gasteiger partial charge in [-0.15, -0.1) is 0 Å². The number of ether oxygens (including phenoxy) is 1. The maximum absolute atomic E-state index is 10.5. The van der Waals surface area contributed by atoms with Crippen molar-refractivity contribution in [1.82, 2.24) is 0 Å². The highest BCUT2D eigenvalue weighted by atomic mass is 16.7. The van der Waals surface area contributed by atoms with Gasteiger partial charge in [0.05, 0.1) is 0 Å². The summed E-state index contributed by atoms with van der Waals surface area (Å²) in [5.74, 6) is 0. The van der Waals surface area contributed by atoms with Crippen LogP contribution in [0.25, 0.3) is 0 Å². The van der Waals surface area contributed by atoms with Crippen molar-refractivity contribution in [1.29, 1.82) is 0 Å². The fourth-order valence-corrected chi connectivity index (χ4v) is 2.83. The molecule has 1 aliphatic carbocycles. The van der Waals surface area contributed by atoms with Gasteiger partial charge in [0.2, 0.25) is 6.54 Å². The number of aliphatic hydroxyl groups is 1. The summed E-state index contributed by atoms with van der Waals surface area (Å²) >= 11 is 0. The molecule has 5 nitrogen and oxygen atoms in total. The average molecular weight is 201 g/mol. The van der Waals surface area contributed by atoms with Crippen LogP contribution in [-0.2, 0) is 4.74 Å². The van der Waals surface area contributed by atoms with Gasteiger partial charge in [0.25, 0.3) is 0 Å². The Morgan fingerprint density at radius 2 is 2.36 bits per heavy atom. The first-order chi connectivity index (χ1) is 6.46. The van der Waals surface area contributed by atoms with Crippen molar-refractivity contribution < 1.29 is 14.8 Å². The second-order valence-corrected chi connectivity index (χ2v) is 4.83. The van der Waals surface area contributed by atoms with E-state index < -0.39 is 11.9 Å². The summed E-state index contributed by atoms with van der Waals surface area (Å²) in [7, 11) is 0. The zero-order valence-corrected chi connectivity index (χ0v) is 8.23. The van der Waals surface area contributed by atoms with Crippen molar-refractivity contribution in [2.45, 2.75) is 44.5 Å². The summed E-state index contributed by atoms with van der Waals surface area (Å²) in [6, 6.07) is 0. The first-order valence-corrected chi connectivity index (χ1v) is 4.94.